The fourth-order valence-corrected chi connectivity index (χ4v) is 10.1. The Balaban J connectivity index is 1.52. The van der Waals surface area contributed by atoms with E-state index in [2.05, 4.69) is 26.6 Å². The standard InChI is InChI=1S/C29H34BrN3O5S/c1-16(2)13-19(15-34)33-25(27(36)32-18-9-11-20(38-3)12-10-18)29-14-21(30)24(39-29)22(23(29)28(33)37)26(35)31-17-7-5-4-6-8-17/h4-12,16,19,21-25,34H,13-15H2,1-3H3,(H,31,35)(H,32,36)/t19-,21?,22-,23+,24-,25?,29?/m1/s1. The molecule has 0 saturated carbocycles. The molecule has 3 saturated heterocycles. The van der Waals surface area contributed by atoms with Gasteiger partial charge in [0.2, 0.25) is 17.7 Å². The van der Waals surface area contributed by atoms with E-state index in [0.29, 0.717) is 30.0 Å². The van der Waals surface area contributed by atoms with Crippen molar-refractivity contribution in [2.24, 2.45) is 17.8 Å². The van der Waals surface area contributed by atoms with E-state index >= 15 is 0 Å². The second-order valence-electron chi connectivity index (χ2n) is 10.9. The van der Waals surface area contributed by atoms with Crippen molar-refractivity contribution >= 4 is 56.8 Å². The molecule has 1 spiro atoms. The lowest BCUT2D eigenvalue weighted by Crippen LogP contribution is -2.55. The number of hydrogen-bond acceptors (Lipinski definition) is 6. The number of benzene rings is 2. The van der Waals surface area contributed by atoms with Gasteiger partial charge in [-0.2, -0.15) is 0 Å². The van der Waals surface area contributed by atoms with E-state index in [9.17, 15) is 19.5 Å². The van der Waals surface area contributed by atoms with Crippen LogP contribution in [-0.2, 0) is 14.4 Å². The van der Waals surface area contributed by atoms with E-state index in [1.54, 1.807) is 48.0 Å². The van der Waals surface area contributed by atoms with Gasteiger partial charge < -0.3 is 25.4 Å². The van der Waals surface area contributed by atoms with Gasteiger partial charge >= 0.3 is 0 Å². The van der Waals surface area contributed by atoms with Crippen LogP contribution in [0.2, 0.25) is 0 Å². The second-order valence-corrected chi connectivity index (χ2v) is 13.7. The molecule has 2 bridgehead atoms. The van der Waals surface area contributed by atoms with Crippen LogP contribution >= 0.6 is 27.7 Å². The summed E-state index contributed by atoms with van der Waals surface area (Å²) in [6, 6.07) is 14.9. The number of aliphatic hydroxyl groups excluding tert-OH is 1. The number of fused-ring (bicyclic) bond motifs is 1. The van der Waals surface area contributed by atoms with Crippen LogP contribution in [0.15, 0.2) is 54.6 Å². The highest BCUT2D eigenvalue weighted by atomic mass is 79.9. The van der Waals surface area contributed by atoms with Gasteiger partial charge in [0.05, 0.1) is 36.3 Å². The number of nitrogens with one attached hydrogen (secondary N) is 2. The second kappa shape index (κ2) is 11.1. The van der Waals surface area contributed by atoms with Crippen molar-refractivity contribution in [1.29, 1.82) is 0 Å². The molecule has 0 aromatic heterocycles. The van der Waals surface area contributed by atoms with Crippen molar-refractivity contribution in [3.63, 3.8) is 0 Å². The van der Waals surface area contributed by atoms with E-state index in [-0.39, 0.29) is 40.3 Å². The summed E-state index contributed by atoms with van der Waals surface area (Å²) in [7, 11) is 1.58. The number of carbonyl (C=O) groups excluding carboxylic acids is 3. The first-order valence-corrected chi connectivity index (χ1v) is 15.1. The average Bonchev–Trinajstić information content (AvgIpc) is 3.51. The Labute approximate surface area is 241 Å². The monoisotopic (exact) mass is 615 g/mol. The zero-order valence-electron chi connectivity index (χ0n) is 22.2. The molecule has 3 fully saturated rings. The molecular weight excluding hydrogens is 582 g/mol. The van der Waals surface area contributed by atoms with Crippen LogP contribution in [-0.4, -0.2) is 68.4 Å². The minimum atomic E-state index is -0.836. The van der Waals surface area contributed by atoms with Gasteiger partial charge in [0.15, 0.2) is 0 Å². The number of carbonyl (C=O) groups is 3. The first-order valence-electron chi connectivity index (χ1n) is 13.3. The number of halogens is 1. The van der Waals surface area contributed by atoms with Gasteiger partial charge in [0, 0.05) is 21.5 Å². The number of rotatable bonds is 9. The van der Waals surface area contributed by atoms with E-state index < -0.39 is 28.7 Å². The van der Waals surface area contributed by atoms with Crippen LogP contribution in [0.3, 0.4) is 0 Å². The molecule has 0 radical (unpaired) electrons. The van der Waals surface area contributed by atoms with E-state index in [1.807, 2.05) is 44.2 Å². The normalized spacial score (nSPS) is 29.8. The summed E-state index contributed by atoms with van der Waals surface area (Å²) in [6.45, 7) is 3.80. The van der Waals surface area contributed by atoms with Crippen molar-refractivity contribution in [2.75, 3.05) is 24.4 Å². The molecule has 2 aromatic rings. The number of amides is 3. The zero-order valence-corrected chi connectivity index (χ0v) is 24.6. The van der Waals surface area contributed by atoms with E-state index in [0.717, 1.165) is 0 Å². The average molecular weight is 617 g/mol. The summed E-state index contributed by atoms with van der Waals surface area (Å²) in [5.41, 5.74) is 1.25. The van der Waals surface area contributed by atoms with Gasteiger partial charge in [-0.05, 0) is 55.2 Å². The lowest BCUT2D eigenvalue weighted by molar-refractivity contribution is -0.141. The highest BCUT2D eigenvalue weighted by Crippen LogP contribution is 2.68. The lowest BCUT2D eigenvalue weighted by Gasteiger charge is -2.37. The molecule has 3 aliphatic rings. The summed E-state index contributed by atoms with van der Waals surface area (Å²) in [5.74, 6) is -1.17. The predicted molar refractivity (Wildman–Crippen MR) is 156 cm³/mol. The Bertz CT molecular complexity index is 1230. The number of anilines is 2. The Kier molecular flexibility index (Phi) is 7.99. The van der Waals surface area contributed by atoms with Crippen molar-refractivity contribution in [3.05, 3.63) is 54.6 Å². The number of methoxy groups -OCH3 is 1. The summed E-state index contributed by atoms with van der Waals surface area (Å²) < 4.78 is 4.44. The SMILES string of the molecule is COc1ccc(NC(=O)C2N([C@@H](CO)CC(C)C)C(=O)[C@@H]3[C@@H](C(=O)Nc4ccccc4)[C@@H]4SC23CC4Br)cc1. The highest BCUT2D eigenvalue weighted by Gasteiger charge is 2.76. The molecule has 3 amide bonds. The van der Waals surface area contributed by atoms with Crippen molar-refractivity contribution in [3.8, 4) is 5.75 Å². The highest BCUT2D eigenvalue weighted by molar-refractivity contribution is 9.09. The van der Waals surface area contributed by atoms with Crippen LogP contribution in [0.5, 0.6) is 5.75 Å². The van der Waals surface area contributed by atoms with Crippen LogP contribution in [0.25, 0.3) is 0 Å². The van der Waals surface area contributed by atoms with Gasteiger partial charge in [0.25, 0.3) is 0 Å². The third kappa shape index (κ3) is 4.95. The molecule has 5 rings (SSSR count). The largest absolute Gasteiger partial charge is 0.497 e. The lowest BCUT2D eigenvalue weighted by atomic mass is 9.70. The molecule has 3 unspecified atom stereocenters. The predicted octanol–water partition coefficient (Wildman–Crippen LogP) is 4.14. The molecule has 10 heteroatoms. The van der Waals surface area contributed by atoms with Crippen LogP contribution in [0, 0.1) is 17.8 Å². The molecule has 2 aromatic carbocycles. The Morgan fingerprint density at radius 2 is 1.74 bits per heavy atom. The molecule has 3 heterocycles. The van der Waals surface area contributed by atoms with E-state index in [1.165, 1.54) is 0 Å². The van der Waals surface area contributed by atoms with Gasteiger partial charge in [0.1, 0.15) is 11.8 Å². The molecule has 3 N–H and O–H groups in total. The fourth-order valence-electron chi connectivity index (χ4n) is 6.51. The van der Waals surface area contributed by atoms with Gasteiger partial charge in [-0.3, -0.25) is 14.4 Å². The molecular formula is C29H34BrN3O5S. The molecule has 7 atom stereocenters. The topological polar surface area (TPSA) is 108 Å². The smallest absolute Gasteiger partial charge is 0.248 e. The van der Waals surface area contributed by atoms with Crippen LogP contribution in [0.1, 0.15) is 26.7 Å². The molecule has 8 nitrogen and oxygen atoms in total. The number of aliphatic hydroxyl groups is 1. The number of thioether (sulfide) groups is 1. The number of ether oxygens (including phenoxy) is 1. The Hall–Kier alpha value is -2.56. The first kappa shape index (κ1) is 28.0. The quantitative estimate of drug-likeness (QED) is 0.366. The van der Waals surface area contributed by atoms with Gasteiger partial charge in [-0.1, -0.05) is 48.0 Å². The Morgan fingerprint density at radius 1 is 1.10 bits per heavy atom. The van der Waals surface area contributed by atoms with Crippen molar-refractivity contribution < 1.29 is 24.2 Å². The number of para-hydroxylation sites is 1. The summed E-state index contributed by atoms with van der Waals surface area (Å²) in [5, 5.41) is 16.3. The van der Waals surface area contributed by atoms with Crippen molar-refractivity contribution in [1.82, 2.24) is 4.90 Å². The van der Waals surface area contributed by atoms with E-state index in [4.69, 9.17) is 4.74 Å². The maximum absolute atomic E-state index is 14.3. The molecule has 3 aliphatic heterocycles. The third-order valence-electron chi connectivity index (χ3n) is 8.02. The maximum atomic E-state index is 14.3. The van der Waals surface area contributed by atoms with Gasteiger partial charge in [-0.15, -0.1) is 11.8 Å². The summed E-state index contributed by atoms with van der Waals surface area (Å²) >= 11 is 5.37. The fraction of sp³-hybridized carbons (Fsp3) is 0.483. The first-order chi connectivity index (χ1) is 18.7. The zero-order chi connectivity index (χ0) is 27.9. The maximum Gasteiger partial charge on any atom is 0.248 e. The number of nitrogens with zero attached hydrogens (tertiary/aromatic N) is 1. The molecule has 39 heavy (non-hydrogen) atoms. The molecule has 208 valence electrons. The number of hydrogen-bond donors (Lipinski definition) is 3. The number of alkyl halides is 1. The number of likely N-dealkylation sites (tertiary alicyclic amines) is 1. The van der Waals surface area contributed by atoms with Crippen LogP contribution < -0.4 is 15.4 Å². The summed E-state index contributed by atoms with van der Waals surface area (Å²) in [4.78, 5) is 43.6. The minimum absolute atomic E-state index is 0.0352. The van der Waals surface area contributed by atoms with Crippen LogP contribution in [0.4, 0.5) is 11.4 Å². The van der Waals surface area contributed by atoms with Gasteiger partial charge in [-0.25, -0.2) is 0 Å². The third-order valence-corrected chi connectivity index (χ3v) is 11.2. The van der Waals surface area contributed by atoms with Crippen molar-refractivity contribution in [2.45, 2.75) is 53.6 Å². The molecule has 0 aliphatic carbocycles. The Morgan fingerprint density at radius 3 is 2.36 bits per heavy atom. The minimum Gasteiger partial charge on any atom is -0.497 e. The summed E-state index contributed by atoms with van der Waals surface area (Å²) in [6.07, 6.45) is 1.12.